The number of carbonyl (C=O) groups excluding carboxylic acids is 1. The molecule has 0 aliphatic carbocycles. The highest BCUT2D eigenvalue weighted by Crippen LogP contribution is 2.21. The van der Waals surface area contributed by atoms with Gasteiger partial charge in [-0.1, -0.05) is 11.3 Å². The number of nitrogens with one attached hydrogen (secondary N) is 1. The minimum atomic E-state index is -0.240. The molecule has 0 aliphatic heterocycles. The van der Waals surface area contributed by atoms with E-state index in [0.717, 1.165) is 16.4 Å². The lowest BCUT2D eigenvalue weighted by atomic mass is 10.2. The van der Waals surface area contributed by atoms with E-state index in [4.69, 9.17) is 4.74 Å². The molecule has 0 radical (unpaired) electrons. The van der Waals surface area contributed by atoms with Crippen molar-refractivity contribution >= 4 is 28.2 Å². The second kappa shape index (κ2) is 5.76. The van der Waals surface area contributed by atoms with Gasteiger partial charge in [0.2, 0.25) is 4.96 Å². The molecule has 22 heavy (non-hydrogen) atoms. The first-order chi connectivity index (χ1) is 10.6. The van der Waals surface area contributed by atoms with Gasteiger partial charge in [0.05, 0.1) is 12.3 Å². The van der Waals surface area contributed by atoms with Crippen LogP contribution in [-0.2, 0) is 0 Å². The monoisotopic (exact) mass is 316 g/mol. The van der Waals surface area contributed by atoms with E-state index in [1.807, 2.05) is 20.8 Å². The number of carbonyl (C=O) groups is 1. The molecule has 3 rings (SSSR count). The summed E-state index contributed by atoms with van der Waals surface area (Å²) in [7, 11) is 0. The Balaban J connectivity index is 1.77. The van der Waals surface area contributed by atoms with Crippen molar-refractivity contribution in [3.8, 4) is 5.75 Å². The third-order valence-corrected chi connectivity index (χ3v) is 4.35. The number of hydrogen-bond acceptors (Lipinski definition) is 5. The topological polar surface area (TPSA) is 68.5 Å². The van der Waals surface area contributed by atoms with Gasteiger partial charge in [-0.05, 0) is 45.0 Å². The smallest absolute Gasteiger partial charge is 0.258 e. The van der Waals surface area contributed by atoms with Gasteiger partial charge in [-0.25, -0.2) is 4.52 Å². The second-order valence-corrected chi connectivity index (χ2v) is 5.97. The molecule has 7 heteroatoms. The molecule has 1 N–H and O–H groups in total. The normalized spacial score (nSPS) is 10.9. The van der Waals surface area contributed by atoms with Crippen molar-refractivity contribution in [2.75, 3.05) is 11.9 Å². The number of aryl methyl sites for hydroxylation is 2. The number of anilines is 1. The van der Waals surface area contributed by atoms with Crippen LogP contribution in [0.15, 0.2) is 24.3 Å². The Morgan fingerprint density at radius 3 is 2.68 bits per heavy atom. The van der Waals surface area contributed by atoms with E-state index in [2.05, 4.69) is 15.4 Å². The van der Waals surface area contributed by atoms with Gasteiger partial charge in [0.15, 0.2) is 0 Å². The predicted molar refractivity (Wildman–Crippen MR) is 85.9 cm³/mol. The van der Waals surface area contributed by atoms with Gasteiger partial charge in [-0.3, -0.25) is 10.1 Å². The van der Waals surface area contributed by atoms with E-state index in [1.165, 1.54) is 4.88 Å². The Bertz CT molecular complexity index is 820. The molecule has 0 bridgehead atoms. The van der Waals surface area contributed by atoms with Crippen molar-refractivity contribution in [2.45, 2.75) is 20.8 Å². The van der Waals surface area contributed by atoms with Crippen molar-refractivity contribution < 1.29 is 9.53 Å². The lowest BCUT2D eigenvalue weighted by Crippen LogP contribution is -2.13. The van der Waals surface area contributed by atoms with Crippen molar-refractivity contribution in [2.24, 2.45) is 0 Å². The van der Waals surface area contributed by atoms with Gasteiger partial charge in [-0.2, -0.15) is 4.98 Å². The Morgan fingerprint density at radius 1 is 1.32 bits per heavy atom. The van der Waals surface area contributed by atoms with Crippen LogP contribution in [0.25, 0.3) is 4.96 Å². The predicted octanol–water partition coefficient (Wildman–Crippen LogP) is 3.06. The van der Waals surface area contributed by atoms with Crippen LogP contribution in [0.4, 0.5) is 5.95 Å². The van der Waals surface area contributed by atoms with Crippen molar-refractivity contribution in [3.63, 3.8) is 0 Å². The van der Waals surface area contributed by atoms with E-state index < -0.39 is 0 Å². The molecular weight excluding hydrogens is 300 g/mol. The third-order valence-electron chi connectivity index (χ3n) is 3.30. The minimum Gasteiger partial charge on any atom is -0.494 e. The van der Waals surface area contributed by atoms with Crippen LogP contribution in [0.5, 0.6) is 5.75 Å². The summed E-state index contributed by atoms with van der Waals surface area (Å²) in [6.07, 6.45) is 0. The second-order valence-electron chi connectivity index (χ2n) is 4.78. The SMILES string of the molecule is CCOc1ccc(C(=O)Nc2nc3sc(C)c(C)n3n2)cc1. The zero-order chi connectivity index (χ0) is 15.7. The molecule has 1 amide bonds. The summed E-state index contributed by atoms with van der Waals surface area (Å²) in [4.78, 5) is 18.5. The number of ether oxygens (including phenoxy) is 1. The van der Waals surface area contributed by atoms with Crippen molar-refractivity contribution in [1.82, 2.24) is 14.6 Å². The first-order valence-electron chi connectivity index (χ1n) is 6.95. The third kappa shape index (κ3) is 2.67. The van der Waals surface area contributed by atoms with Gasteiger partial charge in [0.25, 0.3) is 11.9 Å². The Hall–Kier alpha value is -2.41. The number of rotatable bonds is 4. The molecule has 2 aromatic heterocycles. The largest absolute Gasteiger partial charge is 0.494 e. The van der Waals surface area contributed by atoms with Crippen molar-refractivity contribution in [3.05, 3.63) is 40.4 Å². The van der Waals surface area contributed by atoms with Crippen LogP contribution in [0.3, 0.4) is 0 Å². The Kier molecular flexibility index (Phi) is 3.81. The van der Waals surface area contributed by atoms with Gasteiger partial charge in [0, 0.05) is 10.4 Å². The standard InChI is InChI=1S/C15H16N4O2S/c1-4-21-12-7-5-11(6-8-12)13(20)16-14-17-15-19(18-14)9(2)10(3)22-15/h5-8H,4H2,1-3H3,(H,16,18,20). The lowest BCUT2D eigenvalue weighted by molar-refractivity contribution is 0.102. The van der Waals surface area contributed by atoms with Gasteiger partial charge >= 0.3 is 0 Å². The molecule has 3 aromatic rings. The zero-order valence-corrected chi connectivity index (χ0v) is 13.4. The van der Waals surface area contributed by atoms with Crippen molar-refractivity contribution in [1.29, 1.82) is 0 Å². The lowest BCUT2D eigenvalue weighted by Gasteiger charge is -2.04. The van der Waals surface area contributed by atoms with E-state index >= 15 is 0 Å². The Morgan fingerprint density at radius 2 is 2.05 bits per heavy atom. The fraction of sp³-hybridized carbons (Fsp3) is 0.267. The molecule has 0 spiro atoms. The first-order valence-corrected chi connectivity index (χ1v) is 7.77. The van der Waals surface area contributed by atoms with Gasteiger partial charge in [0.1, 0.15) is 5.75 Å². The maximum absolute atomic E-state index is 12.2. The average molecular weight is 316 g/mol. The average Bonchev–Trinajstić information content (AvgIpc) is 3.00. The summed E-state index contributed by atoms with van der Waals surface area (Å²) in [5.74, 6) is 0.815. The molecule has 1 aromatic carbocycles. The molecule has 2 heterocycles. The molecule has 0 unspecified atom stereocenters. The molecule has 6 nitrogen and oxygen atoms in total. The van der Waals surface area contributed by atoms with E-state index in [0.29, 0.717) is 18.1 Å². The molecular formula is C15H16N4O2S. The number of fused-ring (bicyclic) bond motifs is 1. The van der Waals surface area contributed by atoms with E-state index in [-0.39, 0.29) is 5.91 Å². The molecule has 0 saturated carbocycles. The van der Waals surface area contributed by atoms with Crippen LogP contribution in [0.2, 0.25) is 0 Å². The Labute approximate surface area is 131 Å². The highest BCUT2D eigenvalue weighted by atomic mass is 32.1. The number of thiazole rings is 1. The zero-order valence-electron chi connectivity index (χ0n) is 12.6. The molecule has 0 saturated heterocycles. The van der Waals surface area contributed by atoms with Crippen LogP contribution in [0, 0.1) is 13.8 Å². The summed E-state index contributed by atoms with van der Waals surface area (Å²) in [5.41, 5.74) is 1.57. The number of nitrogens with zero attached hydrogens (tertiary/aromatic N) is 3. The number of aromatic nitrogens is 3. The molecule has 0 aliphatic rings. The van der Waals surface area contributed by atoms with Gasteiger partial charge in [-0.15, -0.1) is 5.10 Å². The van der Waals surface area contributed by atoms with Gasteiger partial charge < -0.3 is 4.74 Å². The maximum Gasteiger partial charge on any atom is 0.258 e. The first kappa shape index (κ1) is 14.5. The van der Waals surface area contributed by atoms with Crippen LogP contribution >= 0.6 is 11.3 Å². The number of benzene rings is 1. The van der Waals surface area contributed by atoms with E-state index in [9.17, 15) is 4.79 Å². The maximum atomic E-state index is 12.2. The molecule has 0 fully saturated rings. The fourth-order valence-electron chi connectivity index (χ4n) is 2.04. The minimum absolute atomic E-state index is 0.240. The van der Waals surface area contributed by atoms with Crippen LogP contribution in [-0.4, -0.2) is 27.1 Å². The fourth-order valence-corrected chi connectivity index (χ4v) is 2.94. The van der Waals surface area contributed by atoms with Crippen LogP contribution in [0.1, 0.15) is 27.9 Å². The summed E-state index contributed by atoms with van der Waals surface area (Å²) in [6.45, 7) is 6.51. The summed E-state index contributed by atoms with van der Waals surface area (Å²) >= 11 is 1.55. The highest BCUT2D eigenvalue weighted by Gasteiger charge is 2.13. The summed E-state index contributed by atoms with van der Waals surface area (Å²) in [6, 6.07) is 6.97. The van der Waals surface area contributed by atoms with Crippen LogP contribution < -0.4 is 10.1 Å². The highest BCUT2D eigenvalue weighted by molar-refractivity contribution is 7.17. The molecule has 0 atom stereocenters. The number of hydrogen-bond donors (Lipinski definition) is 1. The summed E-state index contributed by atoms with van der Waals surface area (Å²) < 4.78 is 7.10. The molecule has 114 valence electrons. The van der Waals surface area contributed by atoms with E-state index in [1.54, 1.807) is 40.1 Å². The number of amides is 1. The summed E-state index contributed by atoms with van der Waals surface area (Å²) in [5, 5.41) is 7.02. The quantitative estimate of drug-likeness (QED) is 0.803.